The van der Waals surface area contributed by atoms with Crippen molar-refractivity contribution in [3.8, 4) is 0 Å². The molecule has 0 aromatic heterocycles. The standard InChI is InChI=1S/C22H26Cl2N2O4S/c1-15-10-16(2)22(17(3)11-15)31(28,29)26(13-18-4-5-19(23)20(24)12-18)14-21(27)25-6-8-30-9-7-25/h4-5,10-12H,6-9,13-14H2,1-3H3. The van der Waals surface area contributed by atoms with E-state index in [1.165, 1.54) is 4.31 Å². The zero-order chi connectivity index (χ0) is 22.8. The maximum Gasteiger partial charge on any atom is 0.244 e. The highest BCUT2D eigenvalue weighted by Gasteiger charge is 2.31. The number of carbonyl (C=O) groups excluding carboxylic acids is 1. The molecule has 0 bridgehead atoms. The smallest absolute Gasteiger partial charge is 0.244 e. The summed E-state index contributed by atoms with van der Waals surface area (Å²) in [6.07, 6.45) is 0. The third-order valence-corrected chi connectivity index (χ3v) is 8.06. The molecule has 0 saturated carbocycles. The van der Waals surface area contributed by atoms with Gasteiger partial charge in [-0.25, -0.2) is 8.42 Å². The van der Waals surface area contributed by atoms with Crippen LogP contribution >= 0.6 is 23.2 Å². The van der Waals surface area contributed by atoms with Crippen LogP contribution < -0.4 is 0 Å². The van der Waals surface area contributed by atoms with E-state index in [1.54, 1.807) is 36.9 Å². The number of ether oxygens (including phenoxy) is 1. The minimum Gasteiger partial charge on any atom is -0.378 e. The summed E-state index contributed by atoms with van der Waals surface area (Å²) < 4.78 is 34.0. The van der Waals surface area contributed by atoms with Gasteiger partial charge in [-0.05, 0) is 49.6 Å². The summed E-state index contributed by atoms with van der Waals surface area (Å²) in [5.41, 5.74) is 2.93. The van der Waals surface area contributed by atoms with Crippen LogP contribution in [0.4, 0.5) is 0 Å². The topological polar surface area (TPSA) is 66.9 Å². The van der Waals surface area contributed by atoms with Crippen molar-refractivity contribution < 1.29 is 17.9 Å². The second-order valence-electron chi connectivity index (χ2n) is 7.74. The number of amides is 1. The first kappa shape index (κ1) is 24.0. The molecule has 31 heavy (non-hydrogen) atoms. The molecule has 1 amide bonds. The second-order valence-corrected chi connectivity index (χ2v) is 10.4. The summed E-state index contributed by atoms with van der Waals surface area (Å²) in [6, 6.07) is 8.63. The fourth-order valence-electron chi connectivity index (χ4n) is 3.83. The monoisotopic (exact) mass is 484 g/mol. The fraction of sp³-hybridized carbons (Fsp3) is 0.409. The van der Waals surface area contributed by atoms with Gasteiger partial charge in [0.2, 0.25) is 15.9 Å². The molecule has 2 aromatic carbocycles. The Kier molecular flexibility index (Phi) is 7.65. The van der Waals surface area contributed by atoms with Gasteiger partial charge in [0.25, 0.3) is 0 Å². The Labute approximate surface area is 193 Å². The Morgan fingerprint density at radius 2 is 1.65 bits per heavy atom. The molecule has 0 spiro atoms. The molecular formula is C22H26Cl2N2O4S. The summed E-state index contributed by atoms with van der Waals surface area (Å²) in [7, 11) is -3.96. The Morgan fingerprint density at radius 3 is 2.23 bits per heavy atom. The summed E-state index contributed by atoms with van der Waals surface area (Å²) >= 11 is 12.1. The number of sulfonamides is 1. The van der Waals surface area contributed by atoms with Crippen LogP contribution in [0.1, 0.15) is 22.3 Å². The lowest BCUT2D eigenvalue weighted by Crippen LogP contribution is -2.47. The van der Waals surface area contributed by atoms with Gasteiger partial charge < -0.3 is 9.64 Å². The average Bonchev–Trinajstić information content (AvgIpc) is 2.69. The molecule has 1 saturated heterocycles. The minimum atomic E-state index is -3.96. The van der Waals surface area contributed by atoms with Crippen molar-refractivity contribution in [3.63, 3.8) is 0 Å². The molecular weight excluding hydrogens is 459 g/mol. The highest BCUT2D eigenvalue weighted by molar-refractivity contribution is 7.89. The first-order chi connectivity index (χ1) is 14.6. The van der Waals surface area contributed by atoms with Gasteiger partial charge in [0.1, 0.15) is 0 Å². The van der Waals surface area contributed by atoms with Crippen LogP contribution in [0.25, 0.3) is 0 Å². The molecule has 9 heteroatoms. The van der Waals surface area contributed by atoms with Gasteiger partial charge in [-0.1, -0.05) is 47.0 Å². The predicted molar refractivity (Wildman–Crippen MR) is 122 cm³/mol. The van der Waals surface area contributed by atoms with E-state index in [4.69, 9.17) is 27.9 Å². The molecule has 6 nitrogen and oxygen atoms in total. The average molecular weight is 485 g/mol. The molecule has 0 radical (unpaired) electrons. The van der Waals surface area contributed by atoms with Crippen molar-refractivity contribution in [3.05, 3.63) is 62.6 Å². The van der Waals surface area contributed by atoms with Gasteiger partial charge in [0.15, 0.2) is 0 Å². The molecule has 0 aliphatic carbocycles. The maximum absolute atomic E-state index is 13.7. The lowest BCUT2D eigenvalue weighted by atomic mass is 10.1. The zero-order valence-electron chi connectivity index (χ0n) is 17.8. The Bertz CT molecular complexity index is 1060. The van der Waals surface area contributed by atoms with Crippen molar-refractivity contribution in [2.24, 2.45) is 0 Å². The summed E-state index contributed by atoms with van der Waals surface area (Å²) in [4.78, 5) is 14.8. The van der Waals surface area contributed by atoms with Crippen LogP contribution in [-0.2, 0) is 26.1 Å². The third kappa shape index (κ3) is 5.59. The number of hydrogen-bond acceptors (Lipinski definition) is 4. The quantitative estimate of drug-likeness (QED) is 0.621. The Morgan fingerprint density at radius 1 is 1.03 bits per heavy atom. The third-order valence-electron chi connectivity index (χ3n) is 5.22. The number of hydrogen-bond donors (Lipinski definition) is 0. The number of halogens is 2. The van der Waals surface area contributed by atoms with Crippen LogP contribution in [0.3, 0.4) is 0 Å². The summed E-state index contributed by atoms with van der Waals surface area (Å²) in [6.45, 7) is 6.98. The normalized spacial score (nSPS) is 14.8. The van der Waals surface area contributed by atoms with Crippen molar-refractivity contribution in [1.29, 1.82) is 0 Å². The van der Waals surface area contributed by atoms with Crippen LogP contribution in [0.15, 0.2) is 35.2 Å². The SMILES string of the molecule is Cc1cc(C)c(S(=O)(=O)N(CC(=O)N2CCOCC2)Cc2ccc(Cl)c(Cl)c2)c(C)c1. The van der Waals surface area contributed by atoms with E-state index in [-0.39, 0.29) is 23.9 Å². The lowest BCUT2D eigenvalue weighted by Gasteiger charge is -2.30. The van der Waals surface area contributed by atoms with Crippen LogP contribution in [-0.4, -0.2) is 56.4 Å². The molecule has 3 rings (SSSR count). The Hall–Kier alpha value is -1.64. The van der Waals surface area contributed by atoms with Crippen LogP contribution in [0, 0.1) is 20.8 Å². The predicted octanol–water partition coefficient (Wildman–Crippen LogP) is 3.97. The molecule has 0 unspecified atom stereocenters. The van der Waals surface area contributed by atoms with E-state index in [2.05, 4.69) is 0 Å². The second kappa shape index (κ2) is 9.88. The van der Waals surface area contributed by atoms with Crippen molar-refractivity contribution in [2.45, 2.75) is 32.2 Å². The molecule has 1 aliphatic rings. The van der Waals surface area contributed by atoms with E-state index in [1.807, 2.05) is 19.1 Å². The van der Waals surface area contributed by atoms with Gasteiger partial charge >= 0.3 is 0 Å². The van der Waals surface area contributed by atoms with Gasteiger partial charge in [-0.3, -0.25) is 4.79 Å². The highest BCUT2D eigenvalue weighted by Crippen LogP contribution is 2.28. The number of aryl methyl sites for hydroxylation is 3. The lowest BCUT2D eigenvalue weighted by molar-refractivity contribution is -0.135. The van der Waals surface area contributed by atoms with E-state index in [0.717, 1.165) is 5.56 Å². The number of benzene rings is 2. The largest absolute Gasteiger partial charge is 0.378 e. The van der Waals surface area contributed by atoms with Crippen molar-refractivity contribution in [1.82, 2.24) is 9.21 Å². The first-order valence-electron chi connectivity index (χ1n) is 9.97. The van der Waals surface area contributed by atoms with E-state index >= 15 is 0 Å². The zero-order valence-corrected chi connectivity index (χ0v) is 20.1. The van der Waals surface area contributed by atoms with E-state index < -0.39 is 10.0 Å². The molecule has 1 fully saturated rings. The molecule has 1 heterocycles. The first-order valence-corrected chi connectivity index (χ1v) is 12.2. The Balaban J connectivity index is 1.99. The molecule has 0 atom stereocenters. The number of carbonyl (C=O) groups is 1. The van der Waals surface area contributed by atoms with Crippen molar-refractivity contribution >= 4 is 39.1 Å². The van der Waals surface area contributed by atoms with Crippen molar-refractivity contribution in [2.75, 3.05) is 32.8 Å². The summed E-state index contributed by atoms with van der Waals surface area (Å²) in [5, 5.41) is 0.716. The van der Waals surface area contributed by atoms with Crippen LogP contribution in [0.2, 0.25) is 10.0 Å². The molecule has 2 aromatic rings. The van der Waals surface area contributed by atoms with Gasteiger partial charge in [0.05, 0.1) is 34.7 Å². The van der Waals surface area contributed by atoms with Gasteiger partial charge in [-0.15, -0.1) is 0 Å². The van der Waals surface area contributed by atoms with E-state index in [9.17, 15) is 13.2 Å². The molecule has 1 aliphatic heterocycles. The van der Waals surface area contributed by atoms with E-state index in [0.29, 0.717) is 53.0 Å². The minimum absolute atomic E-state index is 0.00204. The van der Waals surface area contributed by atoms with Gasteiger partial charge in [-0.2, -0.15) is 4.31 Å². The number of morpholine rings is 1. The van der Waals surface area contributed by atoms with Gasteiger partial charge in [0, 0.05) is 19.6 Å². The number of rotatable bonds is 6. The molecule has 0 N–H and O–H groups in total. The highest BCUT2D eigenvalue weighted by atomic mass is 35.5. The van der Waals surface area contributed by atoms with Crippen LogP contribution in [0.5, 0.6) is 0 Å². The molecule has 168 valence electrons. The number of nitrogens with zero attached hydrogens (tertiary/aromatic N) is 2. The fourth-order valence-corrected chi connectivity index (χ4v) is 5.94. The summed E-state index contributed by atoms with van der Waals surface area (Å²) in [5.74, 6) is -0.255. The maximum atomic E-state index is 13.7.